The van der Waals surface area contributed by atoms with E-state index < -0.39 is 0 Å². The normalized spacial score (nSPS) is 10.3. The molecule has 3 rings (SSSR count). The molecule has 0 amide bonds. The van der Waals surface area contributed by atoms with Crippen LogP contribution in [0.4, 0.5) is 0 Å². The fraction of sp³-hybridized carbons (Fsp3) is 0. The predicted molar refractivity (Wildman–Crippen MR) is 73.8 cm³/mol. The number of hydrogen-bond acceptors (Lipinski definition) is 2. The molecule has 2 aromatic carbocycles. The molecule has 0 unspecified atom stereocenters. The summed E-state index contributed by atoms with van der Waals surface area (Å²) in [7, 11) is 0. The SMILES string of the molecule is O=C(c1ccc(-c2ccccc2)cc1)n1cccn1. The summed E-state index contributed by atoms with van der Waals surface area (Å²) < 4.78 is 1.33. The molecule has 0 atom stereocenters. The molecule has 3 heteroatoms. The summed E-state index contributed by atoms with van der Waals surface area (Å²) in [5, 5.41) is 3.94. The van der Waals surface area contributed by atoms with Crippen molar-refractivity contribution < 1.29 is 4.79 Å². The van der Waals surface area contributed by atoms with E-state index in [0.717, 1.165) is 11.1 Å². The van der Waals surface area contributed by atoms with Crippen LogP contribution in [0.25, 0.3) is 11.1 Å². The van der Waals surface area contributed by atoms with Crippen LogP contribution in [0.2, 0.25) is 0 Å². The first-order chi connectivity index (χ1) is 9.34. The van der Waals surface area contributed by atoms with E-state index >= 15 is 0 Å². The lowest BCUT2D eigenvalue weighted by atomic mass is 10.0. The molecule has 19 heavy (non-hydrogen) atoms. The van der Waals surface area contributed by atoms with Crippen LogP contribution >= 0.6 is 0 Å². The van der Waals surface area contributed by atoms with Gasteiger partial charge in [0, 0.05) is 18.0 Å². The minimum Gasteiger partial charge on any atom is -0.267 e. The molecule has 0 saturated heterocycles. The zero-order valence-corrected chi connectivity index (χ0v) is 10.2. The Labute approximate surface area is 111 Å². The highest BCUT2D eigenvalue weighted by Crippen LogP contribution is 2.19. The standard InChI is InChI=1S/C16H12N2O/c19-16(18-12-4-11-17-18)15-9-7-14(8-10-15)13-5-2-1-3-6-13/h1-12H. The number of hydrogen-bond donors (Lipinski definition) is 0. The van der Waals surface area contributed by atoms with Crippen molar-refractivity contribution in [1.82, 2.24) is 9.78 Å². The third-order valence-electron chi connectivity index (χ3n) is 2.95. The second kappa shape index (κ2) is 4.90. The molecule has 0 N–H and O–H groups in total. The van der Waals surface area contributed by atoms with E-state index in [1.807, 2.05) is 54.6 Å². The Kier molecular flexibility index (Phi) is 2.94. The van der Waals surface area contributed by atoms with E-state index in [1.165, 1.54) is 4.68 Å². The Balaban J connectivity index is 1.90. The molecular formula is C16H12N2O. The summed E-state index contributed by atoms with van der Waals surface area (Å²) in [6.07, 6.45) is 3.24. The lowest BCUT2D eigenvalue weighted by Crippen LogP contribution is -2.11. The molecule has 0 aliphatic carbocycles. The van der Waals surface area contributed by atoms with E-state index in [-0.39, 0.29) is 5.91 Å². The third-order valence-corrected chi connectivity index (χ3v) is 2.95. The maximum atomic E-state index is 12.1. The fourth-order valence-electron chi connectivity index (χ4n) is 1.96. The summed E-state index contributed by atoms with van der Waals surface area (Å²) in [6.45, 7) is 0. The van der Waals surface area contributed by atoms with Crippen LogP contribution in [0, 0.1) is 0 Å². The highest BCUT2D eigenvalue weighted by atomic mass is 16.2. The molecule has 3 aromatic rings. The van der Waals surface area contributed by atoms with E-state index in [9.17, 15) is 4.79 Å². The molecule has 0 saturated carbocycles. The molecule has 3 nitrogen and oxygen atoms in total. The van der Waals surface area contributed by atoms with Gasteiger partial charge < -0.3 is 0 Å². The molecule has 0 fully saturated rings. The molecule has 92 valence electrons. The van der Waals surface area contributed by atoms with Crippen LogP contribution in [0.1, 0.15) is 10.4 Å². The van der Waals surface area contributed by atoms with Gasteiger partial charge in [0.15, 0.2) is 0 Å². The molecule has 0 radical (unpaired) electrons. The topological polar surface area (TPSA) is 34.9 Å². The summed E-state index contributed by atoms with van der Waals surface area (Å²) in [5.41, 5.74) is 2.86. The van der Waals surface area contributed by atoms with Gasteiger partial charge in [0.25, 0.3) is 5.91 Å². The van der Waals surface area contributed by atoms with Crippen LogP contribution in [0.3, 0.4) is 0 Å². The average Bonchev–Trinajstić information content (AvgIpc) is 3.02. The number of carbonyl (C=O) groups is 1. The lowest BCUT2D eigenvalue weighted by Gasteiger charge is -2.04. The van der Waals surface area contributed by atoms with Crippen LogP contribution in [0.5, 0.6) is 0 Å². The van der Waals surface area contributed by atoms with Crippen molar-refractivity contribution in [2.24, 2.45) is 0 Å². The van der Waals surface area contributed by atoms with E-state index in [2.05, 4.69) is 5.10 Å². The molecule has 0 aliphatic heterocycles. The molecule has 0 spiro atoms. The van der Waals surface area contributed by atoms with E-state index in [1.54, 1.807) is 18.5 Å². The van der Waals surface area contributed by atoms with Crippen LogP contribution in [-0.4, -0.2) is 15.7 Å². The Bertz CT molecular complexity index is 671. The number of benzene rings is 2. The van der Waals surface area contributed by atoms with Gasteiger partial charge >= 0.3 is 0 Å². The first kappa shape index (κ1) is 11.4. The summed E-state index contributed by atoms with van der Waals surface area (Å²) >= 11 is 0. The Morgan fingerprint density at radius 1 is 0.842 bits per heavy atom. The summed E-state index contributed by atoms with van der Waals surface area (Å²) in [5.74, 6) is -0.121. The minimum atomic E-state index is -0.121. The Morgan fingerprint density at radius 3 is 2.16 bits per heavy atom. The zero-order chi connectivity index (χ0) is 13.1. The van der Waals surface area contributed by atoms with Crippen molar-refractivity contribution in [3.8, 4) is 11.1 Å². The number of carbonyl (C=O) groups excluding carboxylic acids is 1. The molecule has 1 aromatic heterocycles. The first-order valence-electron chi connectivity index (χ1n) is 6.04. The van der Waals surface area contributed by atoms with Crippen molar-refractivity contribution in [3.63, 3.8) is 0 Å². The van der Waals surface area contributed by atoms with E-state index in [0.29, 0.717) is 5.56 Å². The molecule has 1 heterocycles. The summed E-state index contributed by atoms with van der Waals surface area (Å²) in [4.78, 5) is 12.1. The highest BCUT2D eigenvalue weighted by molar-refractivity contribution is 5.95. The van der Waals surface area contributed by atoms with Gasteiger partial charge in [-0.25, -0.2) is 4.68 Å². The zero-order valence-electron chi connectivity index (χ0n) is 10.2. The van der Waals surface area contributed by atoms with Crippen LogP contribution in [-0.2, 0) is 0 Å². The third kappa shape index (κ3) is 2.31. The van der Waals surface area contributed by atoms with Crippen molar-refractivity contribution >= 4 is 5.91 Å². The maximum absolute atomic E-state index is 12.1. The van der Waals surface area contributed by atoms with Gasteiger partial charge in [-0.2, -0.15) is 5.10 Å². The molecule has 0 aliphatic rings. The summed E-state index contributed by atoms with van der Waals surface area (Å²) in [6, 6.07) is 19.4. The number of nitrogens with zero attached hydrogens (tertiary/aromatic N) is 2. The molecular weight excluding hydrogens is 236 g/mol. The van der Waals surface area contributed by atoms with Gasteiger partial charge in [0.05, 0.1) is 0 Å². The maximum Gasteiger partial charge on any atom is 0.278 e. The fourth-order valence-corrected chi connectivity index (χ4v) is 1.96. The predicted octanol–water partition coefficient (Wildman–Crippen LogP) is 3.24. The quantitative estimate of drug-likeness (QED) is 0.697. The van der Waals surface area contributed by atoms with Crippen molar-refractivity contribution in [2.45, 2.75) is 0 Å². The Morgan fingerprint density at radius 2 is 1.53 bits per heavy atom. The van der Waals surface area contributed by atoms with Gasteiger partial charge in [0.1, 0.15) is 0 Å². The van der Waals surface area contributed by atoms with Crippen molar-refractivity contribution in [3.05, 3.63) is 78.6 Å². The minimum absolute atomic E-state index is 0.121. The van der Waals surface area contributed by atoms with Crippen LogP contribution < -0.4 is 0 Å². The van der Waals surface area contributed by atoms with Gasteiger partial charge in [-0.3, -0.25) is 4.79 Å². The second-order valence-corrected chi connectivity index (χ2v) is 4.20. The van der Waals surface area contributed by atoms with Gasteiger partial charge in [-0.15, -0.1) is 0 Å². The van der Waals surface area contributed by atoms with Gasteiger partial charge in [0.2, 0.25) is 0 Å². The monoisotopic (exact) mass is 248 g/mol. The van der Waals surface area contributed by atoms with Gasteiger partial charge in [-0.05, 0) is 29.3 Å². The van der Waals surface area contributed by atoms with Crippen LogP contribution in [0.15, 0.2) is 73.1 Å². The lowest BCUT2D eigenvalue weighted by molar-refractivity contribution is 0.0945. The average molecular weight is 248 g/mol. The highest BCUT2D eigenvalue weighted by Gasteiger charge is 2.08. The van der Waals surface area contributed by atoms with Crippen molar-refractivity contribution in [1.29, 1.82) is 0 Å². The number of rotatable bonds is 2. The number of aromatic nitrogens is 2. The van der Waals surface area contributed by atoms with E-state index in [4.69, 9.17) is 0 Å². The molecule has 0 bridgehead atoms. The second-order valence-electron chi connectivity index (χ2n) is 4.20. The first-order valence-corrected chi connectivity index (χ1v) is 6.04. The largest absolute Gasteiger partial charge is 0.278 e. The Hall–Kier alpha value is -2.68. The van der Waals surface area contributed by atoms with Crippen molar-refractivity contribution in [2.75, 3.05) is 0 Å². The smallest absolute Gasteiger partial charge is 0.267 e. The van der Waals surface area contributed by atoms with Gasteiger partial charge in [-0.1, -0.05) is 42.5 Å².